The van der Waals surface area contributed by atoms with Crippen LogP contribution in [-0.2, 0) is 13.7 Å². The van der Waals surface area contributed by atoms with E-state index in [0.29, 0.717) is 0 Å². The van der Waals surface area contributed by atoms with Gasteiger partial charge in [-0.25, -0.2) is 4.39 Å². The summed E-state index contributed by atoms with van der Waals surface area (Å²) >= 11 is 0. The maximum Gasteiger partial charge on any atom is 0.125 e. The van der Waals surface area contributed by atoms with E-state index >= 15 is 0 Å². The number of fused-ring (bicyclic) bond motifs is 1. The van der Waals surface area contributed by atoms with E-state index in [4.69, 9.17) is 5.11 Å². The lowest BCUT2D eigenvalue weighted by molar-refractivity contribution is 0.272. The molecule has 3 heteroatoms. The summed E-state index contributed by atoms with van der Waals surface area (Å²) in [6.45, 7) is 1.92. The van der Waals surface area contributed by atoms with E-state index in [1.807, 2.05) is 18.5 Å². The maximum atomic E-state index is 13.0. The highest BCUT2D eigenvalue weighted by atomic mass is 19.1. The fourth-order valence-corrected chi connectivity index (χ4v) is 1.88. The summed E-state index contributed by atoms with van der Waals surface area (Å²) in [7, 11) is 1.83. The number of benzene rings is 1. The van der Waals surface area contributed by atoms with Crippen LogP contribution in [0.4, 0.5) is 4.39 Å². The first-order chi connectivity index (χ1) is 6.65. The molecule has 1 heterocycles. The number of nitrogens with zero attached hydrogens (tertiary/aromatic N) is 1. The van der Waals surface area contributed by atoms with Gasteiger partial charge >= 0.3 is 0 Å². The predicted octanol–water partition coefficient (Wildman–Crippen LogP) is 2.12. The van der Waals surface area contributed by atoms with Crippen molar-refractivity contribution in [2.75, 3.05) is 0 Å². The van der Waals surface area contributed by atoms with Crippen LogP contribution < -0.4 is 0 Å². The Morgan fingerprint density at radius 1 is 1.43 bits per heavy atom. The summed E-state index contributed by atoms with van der Waals surface area (Å²) in [5.41, 5.74) is 2.68. The third-order valence-corrected chi connectivity index (χ3v) is 2.71. The molecular formula is C11H12FNO. The van der Waals surface area contributed by atoms with Crippen molar-refractivity contribution in [3.8, 4) is 0 Å². The van der Waals surface area contributed by atoms with Gasteiger partial charge in [0, 0.05) is 18.1 Å². The van der Waals surface area contributed by atoms with Gasteiger partial charge in [-0.15, -0.1) is 0 Å². The van der Waals surface area contributed by atoms with Crippen molar-refractivity contribution in [2.24, 2.45) is 7.05 Å². The molecule has 0 spiro atoms. The van der Waals surface area contributed by atoms with Crippen molar-refractivity contribution in [1.29, 1.82) is 0 Å². The summed E-state index contributed by atoms with van der Waals surface area (Å²) in [4.78, 5) is 0. The standard InChI is InChI=1S/C11H12FNO/c1-7-9-4-3-8(12)5-10(9)13(2)11(7)6-14/h3-5,14H,6H2,1-2H3. The van der Waals surface area contributed by atoms with Crippen LogP contribution in [-0.4, -0.2) is 9.67 Å². The molecule has 74 valence electrons. The SMILES string of the molecule is Cc1c(CO)n(C)c2cc(F)ccc12. The summed E-state index contributed by atoms with van der Waals surface area (Å²) in [5, 5.41) is 10.2. The average Bonchev–Trinajstić information content (AvgIpc) is 2.39. The molecule has 0 saturated heterocycles. The van der Waals surface area contributed by atoms with E-state index in [1.165, 1.54) is 12.1 Å². The zero-order valence-corrected chi connectivity index (χ0v) is 8.21. The molecule has 0 fully saturated rings. The Bertz CT molecular complexity index is 487. The van der Waals surface area contributed by atoms with Crippen molar-refractivity contribution < 1.29 is 9.50 Å². The monoisotopic (exact) mass is 193 g/mol. The van der Waals surface area contributed by atoms with Crippen LogP contribution in [0.2, 0.25) is 0 Å². The number of hydrogen-bond donors (Lipinski definition) is 1. The van der Waals surface area contributed by atoms with Crippen molar-refractivity contribution in [3.05, 3.63) is 35.3 Å². The molecular weight excluding hydrogens is 181 g/mol. The second-order valence-electron chi connectivity index (χ2n) is 3.45. The zero-order chi connectivity index (χ0) is 10.3. The molecule has 2 nitrogen and oxygen atoms in total. The van der Waals surface area contributed by atoms with Crippen molar-refractivity contribution >= 4 is 10.9 Å². The molecule has 0 aliphatic heterocycles. The van der Waals surface area contributed by atoms with E-state index in [0.717, 1.165) is 22.2 Å². The Morgan fingerprint density at radius 3 is 2.79 bits per heavy atom. The van der Waals surface area contributed by atoms with Crippen LogP contribution >= 0.6 is 0 Å². The van der Waals surface area contributed by atoms with Gasteiger partial charge in [-0.1, -0.05) is 0 Å². The lowest BCUT2D eigenvalue weighted by atomic mass is 10.1. The fraction of sp³-hybridized carbons (Fsp3) is 0.273. The van der Waals surface area contributed by atoms with Crippen molar-refractivity contribution in [2.45, 2.75) is 13.5 Å². The van der Waals surface area contributed by atoms with E-state index < -0.39 is 0 Å². The molecule has 0 aliphatic carbocycles. The molecule has 0 atom stereocenters. The van der Waals surface area contributed by atoms with Gasteiger partial charge in [0.05, 0.1) is 12.1 Å². The summed E-state index contributed by atoms with van der Waals surface area (Å²) in [6, 6.07) is 4.68. The highest BCUT2D eigenvalue weighted by molar-refractivity contribution is 5.85. The van der Waals surface area contributed by atoms with Crippen LogP contribution in [0.1, 0.15) is 11.3 Å². The number of hydrogen-bond acceptors (Lipinski definition) is 1. The minimum Gasteiger partial charge on any atom is -0.390 e. The first kappa shape index (κ1) is 9.21. The normalized spacial score (nSPS) is 11.1. The highest BCUT2D eigenvalue weighted by Crippen LogP contribution is 2.25. The molecule has 0 aliphatic rings. The zero-order valence-electron chi connectivity index (χ0n) is 8.21. The van der Waals surface area contributed by atoms with Gasteiger partial charge in [0.1, 0.15) is 5.82 Å². The largest absolute Gasteiger partial charge is 0.390 e. The molecule has 14 heavy (non-hydrogen) atoms. The van der Waals surface area contributed by atoms with Crippen LogP contribution in [0, 0.1) is 12.7 Å². The number of halogens is 1. The molecule has 2 rings (SSSR count). The number of aromatic nitrogens is 1. The van der Waals surface area contributed by atoms with Gasteiger partial charge in [-0.3, -0.25) is 0 Å². The molecule has 0 unspecified atom stereocenters. The maximum absolute atomic E-state index is 13.0. The van der Waals surface area contributed by atoms with E-state index in [1.54, 1.807) is 6.07 Å². The van der Waals surface area contributed by atoms with Crippen molar-refractivity contribution in [3.63, 3.8) is 0 Å². The van der Waals surface area contributed by atoms with Crippen molar-refractivity contribution in [1.82, 2.24) is 4.57 Å². The summed E-state index contributed by atoms with van der Waals surface area (Å²) in [6.07, 6.45) is 0. The molecule has 0 saturated carbocycles. The minimum atomic E-state index is -0.248. The third kappa shape index (κ3) is 1.13. The smallest absolute Gasteiger partial charge is 0.125 e. The first-order valence-corrected chi connectivity index (χ1v) is 4.49. The number of aliphatic hydroxyl groups excluding tert-OH is 1. The Balaban J connectivity index is 2.87. The molecule has 0 radical (unpaired) electrons. The van der Waals surface area contributed by atoms with Gasteiger partial charge in [-0.2, -0.15) is 0 Å². The van der Waals surface area contributed by atoms with Gasteiger partial charge < -0.3 is 9.67 Å². The number of aryl methyl sites for hydroxylation is 2. The Kier molecular flexibility index (Phi) is 2.04. The van der Waals surface area contributed by atoms with Gasteiger partial charge in [0.2, 0.25) is 0 Å². The third-order valence-electron chi connectivity index (χ3n) is 2.71. The fourth-order valence-electron chi connectivity index (χ4n) is 1.88. The average molecular weight is 193 g/mol. The predicted molar refractivity (Wildman–Crippen MR) is 53.5 cm³/mol. The van der Waals surface area contributed by atoms with E-state index in [9.17, 15) is 4.39 Å². The van der Waals surface area contributed by atoms with Crippen LogP contribution in [0.15, 0.2) is 18.2 Å². The topological polar surface area (TPSA) is 25.2 Å². The van der Waals surface area contributed by atoms with Gasteiger partial charge in [0.15, 0.2) is 0 Å². The summed E-state index contributed by atoms with van der Waals surface area (Å²) in [5.74, 6) is -0.248. The molecule has 0 bridgehead atoms. The Hall–Kier alpha value is -1.35. The number of aliphatic hydroxyl groups is 1. The molecule has 1 aromatic carbocycles. The second kappa shape index (κ2) is 3.10. The van der Waals surface area contributed by atoms with E-state index in [-0.39, 0.29) is 12.4 Å². The molecule has 2 aromatic rings. The Labute approximate surface area is 81.6 Å². The van der Waals surface area contributed by atoms with Gasteiger partial charge in [-0.05, 0) is 30.7 Å². The summed E-state index contributed by atoms with van der Waals surface area (Å²) < 4.78 is 14.8. The van der Waals surface area contributed by atoms with Crippen LogP contribution in [0.5, 0.6) is 0 Å². The highest BCUT2D eigenvalue weighted by Gasteiger charge is 2.10. The minimum absolute atomic E-state index is 0.0152. The Morgan fingerprint density at radius 2 is 2.14 bits per heavy atom. The quantitative estimate of drug-likeness (QED) is 0.737. The lowest BCUT2D eigenvalue weighted by Crippen LogP contribution is -1.96. The molecule has 0 amide bonds. The lowest BCUT2D eigenvalue weighted by Gasteiger charge is -2.00. The molecule has 1 aromatic heterocycles. The van der Waals surface area contributed by atoms with E-state index in [2.05, 4.69) is 0 Å². The first-order valence-electron chi connectivity index (χ1n) is 4.49. The van der Waals surface area contributed by atoms with Gasteiger partial charge in [0.25, 0.3) is 0 Å². The second-order valence-corrected chi connectivity index (χ2v) is 3.45. The van der Waals surface area contributed by atoms with Crippen LogP contribution in [0.25, 0.3) is 10.9 Å². The molecule has 1 N–H and O–H groups in total. The van der Waals surface area contributed by atoms with Crippen LogP contribution in [0.3, 0.4) is 0 Å². The number of rotatable bonds is 1.